The van der Waals surface area contributed by atoms with Crippen LogP contribution in [0.25, 0.3) is 0 Å². The summed E-state index contributed by atoms with van der Waals surface area (Å²) >= 11 is 1.46. The largest absolute Gasteiger partial charge is 0.449 e. The molecule has 0 aliphatic heterocycles. The van der Waals surface area contributed by atoms with Crippen molar-refractivity contribution in [2.24, 2.45) is 0 Å². The first-order valence-corrected chi connectivity index (χ1v) is 4.00. The van der Waals surface area contributed by atoms with E-state index in [0.29, 0.717) is 0 Å². The molecule has 0 heterocycles. The summed E-state index contributed by atoms with van der Waals surface area (Å²) in [6.45, 7) is 0. The first-order chi connectivity index (χ1) is 5.43. The van der Waals surface area contributed by atoms with Gasteiger partial charge in [-0.1, -0.05) is 18.2 Å². The Morgan fingerprint density at radius 1 is 1.27 bits per heavy atom. The minimum atomic E-state index is 1.14. The third-order valence-electron chi connectivity index (χ3n) is 1.06. The molecule has 0 bridgehead atoms. The Morgan fingerprint density at radius 2 is 2.00 bits per heavy atom. The van der Waals surface area contributed by atoms with E-state index in [9.17, 15) is 0 Å². The number of thioether (sulfide) groups is 1. The van der Waals surface area contributed by atoms with E-state index in [1.165, 1.54) is 11.8 Å². The molecule has 0 unspecified atom stereocenters. The predicted octanol–water partition coefficient (Wildman–Crippen LogP) is 2.34. The second-order valence-electron chi connectivity index (χ2n) is 1.82. The highest BCUT2D eigenvalue weighted by molar-refractivity contribution is 8.03. The fourth-order valence-electron chi connectivity index (χ4n) is 0.610. The number of rotatable bonds is 1. The summed E-state index contributed by atoms with van der Waals surface area (Å²) in [6.07, 6.45) is 2.51. The molecule has 0 aliphatic rings. The van der Waals surface area contributed by atoms with Crippen molar-refractivity contribution in [3.05, 3.63) is 30.3 Å². The maximum Gasteiger partial charge on any atom is 0.122 e. The van der Waals surface area contributed by atoms with Crippen LogP contribution in [-0.4, -0.2) is 7.11 Å². The highest BCUT2D eigenvalue weighted by atomic mass is 32.2. The molecule has 0 radical (unpaired) electrons. The molecule has 2 heteroatoms. The first kappa shape index (κ1) is 8.03. The molecule has 0 saturated carbocycles. The molecule has 0 aromatic heterocycles. The Hall–Kier alpha value is -1.07. The maximum atomic E-state index is 4.58. The van der Waals surface area contributed by atoms with Crippen molar-refractivity contribution in [2.75, 3.05) is 7.11 Å². The van der Waals surface area contributed by atoms with Crippen LogP contribution in [0.1, 0.15) is 0 Å². The molecule has 56 valence electrons. The Kier molecular flexibility index (Phi) is 3.43. The number of hydrogen-bond acceptors (Lipinski definition) is 2. The molecule has 1 aromatic carbocycles. The summed E-state index contributed by atoms with van der Waals surface area (Å²) in [6, 6.07) is 9.96. The van der Waals surface area contributed by atoms with Crippen molar-refractivity contribution in [1.29, 1.82) is 0 Å². The van der Waals surface area contributed by atoms with E-state index < -0.39 is 0 Å². The van der Waals surface area contributed by atoms with E-state index in [1.54, 1.807) is 7.11 Å². The highest BCUT2D eigenvalue weighted by Gasteiger charge is 1.85. The number of hydrogen-bond donors (Lipinski definition) is 0. The van der Waals surface area contributed by atoms with Gasteiger partial charge in [-0.3, -0.25) is 0 Å². The zero-order chi connectivity index (χ0) is 7.94. The second kappa shape index (κ2) is 4.70. The first-order valence-electron chi connectivity index (χ1n) is 3.18. The van der Waals surface area contributed by atoms with Gasteiger partial charge < -0.3 is 4.74 Å². The van der Waals surface area contributed by atoms with E-state index in [2.05, 4.69) is 16.1 Å². The topological polar surface area (TPSA) is 9.23 Å². The molecule has 0 aliphatic carbocycles. The van der Waals surface area contributed by atoms with Crippen molar-refractivity contribution in [3.8, 4) is 11.4 Å². The van der Waals surface area contributed by atoms with Gasteiger partial charge in [-0.2, -0.15) is 0 Å². The molecule has 1 aromatic rings. The van der Waals surface area contributed by atoms with Gasteiger partial charge >= 0.3 is 0 Å². The summed E-state index contributed by atoms with van der Waals surface area (Å²) < 4.78 is 4.58. The van der Waals surface area contributed by atoms with Crippen molar-refractivity contribution in [2.45, 2.75) is 4.90 Å². The van der Waals surface area contributed by atoms with Crippen LogP contribution in [0.3, 0.4) is 0 Å². The van der Waals surface area contributed by atoms with Crippen LogP contribution in [0.15, 0.2) is 35.2 Å². The van der Waals surface area contributed by atoms with Gasteiger partial charge in [0.2, 0.25) is 0 Å². The van der Waals surface area contributed by atoms with Crippen LogP contribution in [0.2, 0.25) is 0 Å². The molecule has 11 heavy (non-hydrogen) atoms. The summed E-state index contributed by atoms with van der Waals surface area (Å²) in [7, 11) is 1.55. The van der Waals surface area contributed by atoms with E-state index in [-0.39, 0.29) is 0 Å². The Bertz CT molecular complexity index is 258. The normalized spacial score (nSPS) is 8.09. The van der Waals surface area contributed by atoms with Gasteiger partial charge in [-0.15, -0.1) is 0 Å². The number of ether oxygens (including phenoxy) is 1. The van der Waals surface area contributed by atoms with Gasteiger partial charge in [0.25, 0.3) is 0 Å². The fourth-order valence-corrected chi connectivity index (χ4v) is 1.15. The monoisotopic (exact) mass is 164 g/mol. The molecule has 1 nitrogen and oxygen atoms in total. The smallest absolute Gasteiger partial charge is 0.122 e. The summed E-state index contributed by atoms with van der Waals surface area (Å²) in [4.78, 5) is 1.14. The minimum absolute atomic E-state index is 1.14. The van der Waals surface area contributed by atoms with Gasteiger partial charge in [-0.25, -0.2) is 0 Å². The number of benzene rings is 1. The van der Waals surface area contributed by atoms with Gasteiger partial charge in [0.1, 0.15) is 6.11 Å². The van der Waals surface area contributed by atoms with Gasteiger partial charge in [0, 0.05) is 10.1 Å². The van der Waals surface area contributed by atoms with Crippen LogP contribution >= 0.6 is 11.8 Å². The minimum Gasteiger partial charge on any atom is -0.449 e. The van der Waals surface area contributed by atoms with Gasteiger partial charge in [-0.05, 0) is 23.9 Å². The van der Waals surface area contributed by atoms with Crippen molar-refractivity contribution in [1.82, 2.24) is 0 Å². The standard InChI is InChI=1S/C9H8OS/c1-10-7-8-11-9-5-3-2-4-6-9/h2-6H,1H3. The Labute approximate surface area is 70.8 Å². The molecule has 1 rings (SSSR count). The SMILES string of the molecule is COC#CSc1ccccc1. The third kappa shape index (κ3) is 3.01. The van der Waals surface area contributed by atoms with Crippen LogP contribution in [-0.2, 0) is 4.74 Å². The molecule has 0 saturated heterocycles. The van der Waals surface area contributed by atoms with E-state index in [1.807, 2.05) is 30.3 Å². The molecular weight excluding hydrogens is 156 g/mol. The Morgan fingerprint density at radius 3 is 2.64 bits per heavy atom. The average Bonchev–Trinajstić information content (AvgIpc) is 2.07. The highest BCUT2D eigenvalue weighted by Crippen LogP contribution is 2.14. The Balaban J connectivity index is 2.52. The second-order valence-corrected chi connectivity index (χ2v) is 2.70. The van der Waals surface area contributed by atoms with Crippen LogP contribution in [0.5, 0.6) is 0 Å². The lowest BCUT2D eigenvalue weighted by atomic mass is 10.4. The maximum absolute atomic E-state index is 4.58. The van der Waals surface area contributed by atoms with Crippen LogP contribution in [0.4, 0.5) is 0 Å². The van der Waals surface area contributed by atoms with Gasteiger partial charge in [0.05, 0.1) is 7.11 Å². The van der Waals surface area contributed by atoms with E-state index in [4.69, 9.17) is 0 Å². The zero-order valence-electron chi connectivity index (χ0n) is 6.20. The average molecular weight is 164 g/mol. The van der Waals surface area contributed by atoms with Crippen molar-refractivity contribution >= 4 is 11.8 Å². The van der Waals surface area contributed by atoms with E-state index >= 15 is 0 Å². The van der Waals surface area contributed by atoms with Crippen molar-refractivity contribution in [3.63, 3.8) is 0 Å². The quantitative estimate of drug-likeness (QED) is 0.465. The summed E-state index contributed by atoms with van der Waals surface area (Å²) in [5.74, 6) is 0. The molecular formula is C9H8OS. The lowest BCUT2D eigenvalue weighted by Gasteiger charge is -1.89. The molecule has 0 N–H and O–H groups in total. The lowest BCUT2D eigenvalue weighted by Crippen LogP contribution is -1.66. The molecule has 0 atom stereocenters. The third-order valence-corrected chi connectivity index (χ3v) is 1.75. The summed E-state index contributed by atoms with van der Waals surface area (Å²) in [5, 5.41) is 2.80. The van der Waals surface area contributed by atoms with Crippen LogP contribution in [0, 0.1) is 11.4 Å². The summed E-state index contributed by atoms with van der Waals surface area (Å²) in [5.41, 5.74) is 0. The molecule has 0 spiro atoms. The lowest BCUT2D eigenvalue weighted by molar-refractivity contribution is 0.373. The fraction of sp³-hybridized carbons (Fsp3) is 0.111. The zero-order valence-corrected chi connectivity index (χ0v) is 7.02. The molecule has 0 amide bonds. The van der Waals surface area contributed by atoms with Crippen LogP contribution < -0.4 is 0 Å². The number of methoxy groups -OCH3 is 1. The van der Waals surface area contributed by atoms with Gasteiger partial charge in [0.15, 0.2) is 0 Å². The van der Waals surface area contributed by atoms with E-state index in [0.717, 1.165) is 4.90 Å². The predicted molar refractivity (Wildman–Crippen MR) is 47.1 cm³/mol. The van der Waals surface area contributed by atoms with Crippen molar-refractivity contribution < 1.29 is 4.74 Å². The molecule has 0 fully saturated rings.